The molecule has 0 unspecified atom stereocenters. The van der Waals surface area contributed by atoms with Gasteiger partial charge in [0.05, 0.1) is 34.0 Å². The van der Waals surface area contributed by atoms with Gasteiger partial charge in [-0.15, -0.1) is 12.4 Å². The summed E-state index contributed by atoms with van der Waals surface area (Å²) in [7, 11) is 7.13. The second-order valence-corrected chi connectivity index (χ2v) is 8.98. The topological polar surface area (TPSA) is 82.6 Å². The number of fused-ring (bicyclic) bond motifs is 1. The monoisotopic (exact) mass is 553 g/mol. The van der Waals surface area contributed by atoms with E-state index < -0.39 is 0 Å². The lowest BCUT2D eigenvalue weighted by Crippen LogP contribution is -2.36. The lowest BCUT2D eigenvalue weighted by Gasteiger charge is -2.23. The van der Waals surface area contributed by atoms with Crippen molar-refractivity contribution in [2.45, 2.75) is 20.8 Å². The van der Waals surface area contributed by atoms with E-state index in [2.05, 4.69) is 0 Å². The van der Waals surface area contributed by atoms with E-state index in [4.69, 9.17) is 28.7 Å². The van der Waals surface area contributed by atoms with E-state index in [1.807, 2.05) is 51.9 Å². The molecule has 3 aromatic rings. The molecule has 9 nitrogen and oxygen atoms in total. The summed E-state index contributed by atoms with van der Waals surface area (Å²) in [5.74, 6) is 2.49. The molecule has 0 atom stereocenters. The molecular weight excluding hydrogens is 518 g/mol. The van der Waals surface area contributed by atoms with Gasteiger partial charge in [-0.1, -0.05) is 11.3 Å². The largest absolute Gasteiger partial charge is 0.495 e. The SMILES string of the molecule is CCOc1cc(C(=O)N(CCN(C)C)c2nc3c(OC)ccc(OC)c3s2)cc(OCC)c1OCC.Cl. The van der Waals surface area contributed by atoms with Crippen LogP contribution in [0.25, 0.3) is 10.2 Å². The number of carbonyl (C=O) groups excluding carboxylic acids is 1. The van der Waals surface area contributed by atoms with Crippen molar-refractivity contribution in [1.29, 1.82) is 0 Å². The molecule has 0 saturated heterocycles. The lowest BCUT2D eigenvalue weighted by molar-refractivity contribution is 0.0984. The first kappa shape index (κ1) is 30.3. The van der Waals surface area contributed by atoms with Crippen LogP contribution < -0.4 is 28.6 Å². The first-order valence-corrected chi connectivity index (χ1v) is 12.7. The van der Waals surface area contributed by atoms with Crippen LogP contribution in [0.5, 0.6) is 28.7 Å². The molecule has 0 spiro atoms. The number of aromatic nitrogens is 1. The number of benzene rings is 2. The van der Waals surface area contributed by atoms with E-state index in [1.54, 1.807) is 31.3 Å². The Kier molecular flexibility index (Phi) is 11.5. The van der Waals surface area contributed by atoms with Gasteiger partial charge in [-0.2, -0.15) is 0 Å². The molecule has 0 saturated carbocycles. The summed E-state index contributed by atoms with van der Waals surface area (Å²) >= 11 is 1.38. The van der Waals surface area contributed by atoms with Gasteiger partial charge in [0, 0.05) is 18.7 Å². The third-order valence-corrected chi connectivity index (χ3v) is 6.39. The van der Waals surface area contributed by atoms with E-state index in [0.717, 1.165) is 4.70 Å². The second-order valence-electron chi connectivity index (χ2n) is 8.01. The molecule has 0 aliphatic rings. The van der Waals surface area contributed by atoms with E-state index >= 15 is 0 Å². The number of amides is 1. The Morgan fingerprint density at radius 2 is 1.43 bits per heavy atom. The average molecular weight is 554 g/mol. The molecule has 204 valence electrons. The average Bonchev–Trinajstić information content (AvgIpc) is 3.30. The van der Waals surface area contributed by atoms with Crippen molar-refractivity contribution < 1.29 is 28.5 Å². The van der Waals surface area contributed by atoms with Crippen molar-refractivity contribution in [3.63, 3.8) is 0 Å². The first-order valence-electron chi connectivity index (χ1n) is 11.9. The van der Waals surface area contributed by atoms with Crippen LogP contribution in [0.15, 0.2) is 24.3 Å². The number of hydrogen-bond donors (Lipinski definition) is 0. The molecule has 0 bridgehead atoms. The third-order valence-electron chi connectivity index (χ3n) is 5.30. The number of carbonyl (C=O) groups is 1. The van der Waals surface area contributed by atoms with Crippen LogP contribution in [0.4, 0.5) is 5.13 Å². The summed E-state index contributed by atoms with van der Waals surface area (Å²) in [5, 5.41) is 0.546. The van der Waals surface area contributed by atoms with Gasteiger partial charge < -0.3 is 28.6 Å². The van der Waals surface area contributed by atoms with Crippen LogP contribution in [0.3, 0.4) is 0 Å². The Balaban J connectivity index is 0.00000481. The number of methoxy groups -OCH3 is 2. The van der Waals surface area contributed by atoms with E-state index in [-0.39, 0.29) is 18.3 Å². The van der Waals surface area contributed by atoms with Crippen LogP contribution in [-0.2, 0) is 0 Å². The fourth-order valence-corrected chi connectivity index (χ4v) is 4.74. The standard InChI is InChI=1S/C26H35N3O6S.ClH/c1-8-33-20-15-17(16-21(34-9-2)23(20)35-10-3)25(30)29(14-13-28(4)5)26-27-22-18(31-6)11-12-19(32-7)24(22)36-26;/h11-12,15-16H,8-10,13-14H2,1-7H3;1H. The van der Waals surface area contributed by atoms with Gasteiger partial charge >= 0.3 is 0 Å². The van der Waals surface area contributed by atoms with Gasteiger partial charge in [0.25, 0.3) is 5.91 Å². The fourth-order valence-electron chi connectivity index (χ4n) is 3.64. The number of hydrogen-bond acceptors (Lipinski definition) is 9. The van der Waals surface area contributed by atoms with Crippen molar-refractivity contribution >= 4 is 45.0 Å². The Hall–Kier alpha value is -2.95. The summed E-state index contributed by atoms with van der Waals surface area (Å²) in [6.45, 7) is 8.02. The van der Waals surface area contributed by atoms with E-state index in [0.29, 0.717) is 77.9 Å². The minimum Gasteiger partial charge on any atom is -0.495 e. The first-order chi connectivity index (χ1) is 17.4. The molecule has 11 heteroatoms. The highest BCUT2D eigenvalue weighted by Gasteiger charge is 2.26. The molecule has 2 aromatic carbocycles. The van der Waals surface area contributed by atoms with Crippen molar-refractivity contribution in [1.82, 2.24) is 9.88 Å². The van der Waals surface area contributed by atoms with E-state index in [9.17, 15) is 4.79 Å². The third kappa shape index (κ3) is 6.88. The number of ether oxygens (including phenoxy) is 5. The van der Waals surface area contributed by atoms with Crippen LogP contribution in [-0.4, -0.2) is 77.0 Å². The molecule has 0 aliphatic carbocycles. The zero-order valence-electron chi connectivity index (χ0n) is 22.5. The van der Waals surface area contributed by atoms with Gasteiger partial charge in [0.1, 0.15) is 21.7 Å². The normalized spacial score (nSPS) is 10.7. The van der Waals surface area contributed by atoms with Crippen molar-refractivity contribution in [3.05, 3.63) is 29.8 Å². The van der Waals surface area contributed by atoms with Crippen molar-refractivity contribution in [2.75, 3.05) is 66.1 Å². The predicted molar refractivity (Wildman–Crippen MR) is 150 cm³/mol. The molecule has 0 N–H and O–H groups in total. The van der Waals surface area contributed by atoms with Gasteiger partial charge in [-0.05, 0) is 59.1 Å². The highest BCUT2D eigenvalue weighted by molar-refractivity contribution is 7.22. The minimum atomic E-state index is -0.223. The number of nitrogens with zero attached hydrogens (tertiary/aromatic N) is 3. The van der Waals surface area contributed by atoms with Crippen molar-refractivity contribution in [2.24, 2.45) is 0 Å². The number of likely N-dealkylation sites (N-methyl/N-ethyl adjacent to an activating group) is 1. The maximum Gasteiger partial charge on any atom is 0.260 e. The molecule has 0 fully saturated rings. The van der Waals surface area contributed by atoms with Crippen molar-refractivity contribution in [3.8, 4) is 28.7 Å². The number of halogens is 1. The summed E-state index contributed by atoms with van der Waals surface area (Å²) in [5.41, 5.74) is 1.07. The zero-order valence-corrected chi connectivity index (χ0v) is 24.1. The number of anilines is 1. The highest BCUT2D eigenvalue weighted by Crippen LogP contribution is 2.42. The molecule has 37 heavy (non-hydrogen) atoms. The number of rotatable bonds is 13. The molecule has 1 amide bonds. The fraction of sp³-hybridized carbons (Fsp3) is 0.462. The molecule has 1 aromatic heterocycles. The highest BCUT2D eigenvalue weighted by atomic mass is 35.5. The Morgan fingerprint density at radius 1 is 0.865 bits per heavy atom. The van der Waals surface area contributed by atoms with Gasteiger partial charge in [0.2, 0.25) is 5.75 Å². The molecular formula is C26H36ClN3O6S. The van der Waals surface area contributed by atoms with E-state index in [1.165, 1.54) is 11.3 Å². The summed E-state index contributed by atoms with van der Waals surface area (Å²) in [4.78, 5) is 22.5. The van der Waals surface area contributed by atoms with Gasteiger partial charge in [-0.3, -0.25) is 9.69 Å². The quantitative estimate of drug-likeness (QED) is 0.288. The minimum absolute atomic E-state index is 0. The maximum atomic E-state index is 14.0. The lowest BCUT2D eigenvalue weighted by atomic mass is 10.1. The molecule has 3 rings (SSSR count). The maximum absolute atomic E-state index is 14.0. The van der Waals surface area contributed by atoms with Gasteiger partial charge in [-0.25, -0.2) is 4.98 Å². The molecule has 0 radical (unpaired) electrons. The van der Waals surface area contributed by atoms with Crippen LogP contribution in [0, 0.1) is 0 Å². The second kappa shape index (κ2) is 14.1. The molecule has 0 aliphatic heterocycles. The molecule has 1 heterocycles. The Labute approximate surface area is 228 Å². The van der Waals surface area contributed by atoms with Crippen LogP contribution in [0.1, 0.15) is 31.1 Å². The number of thiazole rings is 1. The summed E-state index contributed by atoms with van der Waals surface area (Å²) in [6.07, 6.45) is 0. The van der Waals surface area contributed by atoms with Crippen LogP contribution in [0.2, 0.25) is 0 Å². The predicted octanol–water partition coefficient (Wildman–Crippen LogP) is 5.14. The smallest absolute Gasteiger partial charge is 0.260 e. The summed E-state index contributed by atoms with van der Waals surface area (Å²) < 4.78 is 29.3. The van der Waals surface area contributed by atoms with Gasteiger partial charge in [0.15, 0.2) is 16.6 Å². The Bertz CT molecular complexity index is 1120. The Morgan fingerprint density at radius 3 is 1.95 bits per heavy atom. The summed E-state index contributed by atoms with van der Waals surface area (Å²) in [6, 6.07) is 7.06. The zero-order chi connectivity index (χ0) is 26.2. The van der Waals surface area contributed by atoms with Crippen LogP contribution >= 0.6 is 23.7 Å².